The topological polar surface area (TPSA) is 157 Å². The van der Waals surface area contributed by atoms with Gasteiger partial charge >= 0.3 is 0 Å². The van der Waals surface area contributed by atoms with Crippen molar-refractivity contribution in [2.24, 2.45) is 0 Å². The molecule has 188 valence electrons. The fraction of sp³-hybridized carbons (Fsp3) is 0.0909. The van der Waals surface area contributed by atoms with Crippen LogP contribution in [0.5, 0.6) is 0 Å². The third-order valence-electron chi connectivity index (χ3n) is 4.75. The van der Waals surface area contributed by atoms with Gasteiger partial charge in [-0.25, -0.2) is 21.8 Å². The summed E-state index contributed by atoms with van der Waals surface area (Å²) in [6, 6.07) is 9.61. The Kier molecular flexibility index (Phi) is 8.14. The van der Waals surface area contributed by atoms with E-state index < -0.39 is 30.7 Å². The molecule has 0 unspecified atom stereocenters. The Morgan fingerprint density at radius 2 is 1.56 bits per heavy atom. The molecule has 0 aliphatic carbocycles. The normalized spacial score (nSPS) is 11.7. The second-order valence-electron chi connectivity index (χ2n) is 7.12. The van der Waals surface area contributed by atoms with Gasteiger partial charge in [0.15, 0.2) is 5.13 Å². The quantitative estimate of drug-likeness (QED) is 0.217. The smallest absolute Gasteiger partial charge is 0.269 e. The summed E-state index contributed by atoms with van der Waals surface area (Å²) in [4.78, 5) is 26.5. The van der Waals surface area contributed by atoms with Crippen LogP contribution in [0.25, 0.3) is 0 Å². The van der Waals surface area contributed by atoms with Gasteiger partial charge in [0.2, 0.25) is 19.9 Å². The molecule has 36 heavy (non-hydrogen) atoms. The van der Waals surface area contributed by atoms with Gasteiger partial charge in [0, 0.05) is 30.8 Å². The van der Waals surface area contributed by atoms with E-state index in [0.717, 1.165) is 30.5 Å². The predicted octanol–water partition coefficient (Wildman–Crippen LogP) is 3.50. The lowest BCUT2D eigenvalue weighted by atomic mass is 10.2. The molecule has 11 nitrogen and oxygen atoms in total. The molecular formula is C22H20N4O7S3. The maximum absolute atomic E-state index is 12.8. The zero-order valence-electron chi connectivity index (χ0n) is 18.6. The standard InChI is InChI=1S/C22H20N4O7S3/c1-3-13-25(14-4-2)36(32,33)19-9-5-16(6-10-19)21(27)24-22-23-15-20(34-22)35(30,31)18-11-7-17(8-12-18)26(28)29/h3-12,15H,1-2,13-14H2,(H,23,24,27). The summed E-state index contributed by atoms with van der Waals surface area (Å²) in [5.74, 6) is -0.623. The van der Waals surface area contributed by atoms with E-state index in [9.17, 15) is 31.7 Å². The minimum absolute atomic E-state index is 0.000302. The number of benzene rings is 2. The van der Waals surface area contributed by atoms with E-state index in [-0.39, 0.29) is 43.5 Å². The van der Waals surface area contributed by atoms with Crippen LogP contribution in [0.4, 0.5) is 10.8 Å². The number of carbonyl (C=O) groups excluding carboxylic acids is 1. The number of carbonyl (C=O) groups is 1. The second-order valence-corrected chi connectivity index (χ2v) is 12.3. The average Bonchev–Trinajstić information content (AvgIpc) is 3.33. The molecule has 0 spiro atoms. The number of nitrogens with zero attached hydrogens (tertiary/aromatic N) is 3. The number of nitro groups is 1. The largest absolute Gasteiger partial charge is 0.298 e. The van der Waals surface area contributed by atoms with E-state index in [1.807, 2.05) is 0 Å². The van der Waals surface area contributed by atoms with Crippen molar-refractivity contribution in [1.82, 2.24) is 9.29 Å². The Morgan fingerprint density at radius 3 is 2.08 bits per heavy atom. The SMILES string of the molecule is C=CCN(CC=C)S(=O)(=O)c1ccc(C(=O)Nc2ncc(S(=O)(=O)c3ccc([N+](=O)[O-])cc3)s2)cc1. The van der Waals surface area contributed by atoms with Crippen LogP contribution in [0.1, 0.15) is 10.4 Å². The van der Waals surface area contributed by atoms with Crippen LogP contribution in [0.15, 0.2) is 94.0 Å². The number of nitrogens with one attached hydrogen (secondary N) is 1. The van der Waals surface area contributed by atoms with Crippen molar-refractivity contribution >= 4 is 47.9 Å². The summed E-state index contributed by atoms with van der Waals surface area (Å²) in [5.41, 5.74) is -0.123. The summed E-state index contributed by atoms with van der Waals surface area (Å²) in [6.45, 7) is 7.28. The van der Waals surface area contributed by atoms with Gasteiger partial charge in [-0.15, -0.1) is 13.2 Å². The summed E-state index contributed by atoms with van der Waals surface area (Å²) in [5, 5.41) is 13.3. The van der Waals surface area contributed by atoms with Crippen LogP contribution in [-0.4, -0.2) is 50.0 Å². The van der Waals surface area contributed by atoms with E-state index in [1.54, 1.807) is 0 Å². The maximum atomic E-state index is 12.8. The van der Waals surface area contributed by atoms with Gasteiger partial charge < -0.3 is 0 Å². The van der Waals surface area contributed by atoms with Gasteiger partial charge in [-0.1, -0.05) is 23.5 Å². The van der Waals surface area contributed by atoms with Gasteiger partial charge in [0.25, 0.3) is 11.6 Å². The zero-order valence-corrected chi connectivity index (χ0v) is 21.1. The first kappa shape index (κ1) is 26.9. The maximum Gasteiger partial charge on any atom is 0.269 e. The van der Waals surface area contributed by atoms with Crippen molar-refractivity contribution in [1.29, 1.82) is 0 Å². The molecule has 3 aromatic rings. The van der Waals surface area contributed by atoms with Crippen molar-refractivity contribution in [3.63, 3.8) is 0 Å². The van der Waals surface area contributed by atoms with Gasteiger partial charge in [-0.2, -0.15) is 4.31 Å². The molecule has 0 saturated heterocycles. The van der Waals surface area contributed by atoms with Crippen LogP contribution in [0.2, 0.25) is 0 Å². The molecule has 0 fully saturated rings. The fourth-order valence-corrected chi connectivity index (χ4v) is 6.77. The predicted molar refractivity (Wildman–Crippen MR) is 134 cm³/mol. The molecule has 0 aliphatic heterocycles. The Morgan fingerprint density at radius 1 is 1.00 bits per heavy atom. The number of aromatic nitrogens is 1. The third kappa shape index (κ3) is 5.73. The van der Waals surface area contributed by atoms with Crippen molar-refractivity contribution in [3.05, 3.63) is 95.7 Å². The third-order valence-corrected chi connectivity index (χ3v) is 9.74. The molecule has 0 bridgehead atoms. The molecule has 1 heterocycles. The summed E-state index contributed by atoms with van der Waals surface area (Å²) >= 11 is 0.704. The summed E-state index contributed by atoms with van der Waals surface area (Å²) < 4.78 is 52.1. The van der Waals surface area contributed by atoms with Gasteiger partial charge in [0.05, 0.1) is 20.9 Å². The Bertz CT molecular complexity index is 1500. The van der Waals surface area contributed by atoms with E-state index in [0.29, 0.717) is 11.3 Å². The first-order chi connectivity index (χ1) is 17.0. The molecular weight excluding hydrogens is 528 g/mol. The van der Waals surface area contributed by atoms with E-state index in [1.165, 1.54) is 40.7 Å². The molecule has 0 radical (unpaired) electrons. The number of sulfonamides is 1. The first-order valence-corrected chi connectivity index (χ1v) is 13.8. The monoisotopic (exact) mass is 548 g/mol. The van der Waals surface area contributed by atoms with E-state index >= 15 is 0 Å². The Hall–Kier alpha value is -3.72. The minimum Gasteiger partial charge on any atom is -0.298 e. The molecule has 0 atom stereocenters. The highest BCUT2D eigenvalue weighted by Crippen LogP contribution is 2.30. The van der Waals surface area contributed by atoms with Gasteiger partial charge in [-0.3, -0.25) is 20.2 Å². The Labute approximate surface area is 211 Å². The van der Waals surface area contributed by atoms with Crippen molar-refractivity contribution in [2.75, 3.05) is 18.4 Å². The highest BCUT2D eigenvalue weighted by atomic mass is 32.2. The first-order valence-electron chi connectivity index (χ1n) is 10.1. The van der Waals surface area contributed by atoms with Crippen LogP contribution in [0.3, 0.4) is 0 Å². The number of non-ortho nitro benzene ring substituents is 1. The molecule has 3 rings (SSSR count). The molecule has 14 heteroatoms. The lowest BCUT2D eigenvalue weighted by Gasteiger charge is -2.19. The van der Waals surface area contributed by atoms with Crippen LogP contribution >= 0.6 is 11.3 Å². The highest BCUT2D eigenvalue weighted by Gasteiger charge is 2.24. The fourth-order valence-electron chi connectivity index (χ4n) is 2.96. The molecule has 1 N–H and O–H groups in total. The minimum atomic E-state index is -4.00. The average molecular weight is 549 g/mol. The van der Waals surface area contributed by atoms with Crippen LogP contribution in [-0.2, 0) is 19.9 Å². The highest BCUT2D eigenvalue weighted by molar-refractivity contribution is 7.93. The van der Waals surface area contributed by atoms with Crippen LogP contribution < -0.4 is 5.32 Å². The number of hydrogen-bond acceptors (Lipinski definition) is 9. The molecule has 1 amide bonds. The molecule has 0 saturated carbocycles. The van der Waals surface area contributed by atoms with Gasteiger partial charge in [-0.05, 0) is 36.4 Å². The summed E-state index contributed by atoms with van der Waals surface area (Å²) in [6.07, 6.45) is 3.97. The number of anilines is 1. The lowest BCUT2D eigenvalue weighted by Crippen LogP contribution is -2.31. The second kappa shape index (κ2) is 10.9. The van der Waals surface area contributed by atoms with Gasteiger partial charge in [0.1, 0.15) is 4.21 Å². The summed E-state index contributed by atoms with van der Waals surface area (Å²) in [7, 11) is -7.83. The number of thiazole rings is 1. The van der Waals surface area contributed by atoms with E-state index in [4.69, 9.17) is 0 Å². The van der Waals surface area contributed by atoms with Crippen molar-refractivity contribution < 1.29 is 26.6 Å². The molecule has 1 aromatic heterocycles. The van der Waals surface area contributed by atoms with Crippen molar-refractivity contribution in [3.8, 4) is 0 Å². The molecule has 2 aromatic carbocycles. The van der Waals surface area contributed by atoms with Crippen molar-refractivity contribution in [2.45, 2.75) is 14.0 Å². The Balaban J connectivity index is 1.75. The number of hydrogen-bond donors (Lipinski definition) is 1. The lowest BCUT2D eigenvalue weighted by molar-refractivity contribution is -0.384. The molecule has 0 aliphatic rings. The number of rotatable bonds is 11. The zero-order chi connectivity index (χ0) is 26.5. The van der Waals surface area contributed by atoms with Crippen LogP contribution in [0, 0.1) is 10.1 Å². The number of sulfone groups is 1. The number of amides is 1. The van der Waals surface area contributed by atoms with E-state index in [2.05, 4.69) is 23.5 Å². The number of nitro benzene ring substituents is 1.